The SMILES string of the molecule is CCN(CC)C(=O)O.N[C@@H]1CC[C@H](N)C1. The molecule has 0 bridgehead atoms. The van der Waals surface area contributed by atoms with Crippen molar-refractivity contribution in [2.45, 2.75) is 45.2 Å². The third-order valence-electron chi connectivity index (χ3n) is 2.55. The van der Waals surface area contributed by atoms with E-state index < -0.39 is 6.09 Å². The monoisotopic (exact) mass is 217 g/mol. The van der Waals surface area contributed by atoms with Crippen molar-refractivity contribution in [1.82, 2.24) is 4.90 Å². The molecule has 0 unspecified atom stereocenters. The van der Waals surface area contributed by atoms with E-state index >= 15 is 0 Å². The van der Waals surface area contributed by atoms with Gasteiger partial charge in [-0.15, -0.1) is 0 Å². The normalized spacial score (nSPS) is 24.3. The minimum absolute atomic E-state index is 0.398. The number of carboxylic acid groups (broad SMARTS) is 1. The molecule has 5 N–H and O–H groups in total. The predicted molar refractivity (Wildman–Crippen MR) is 60.7 cm³/mol. The molecule has 1 saturated carbocycles. The lowest BCUT2D eigenvalue weighted by Crippen LogP contribution is -2.28. The molecule has 0 aromatic heterocycles. The summed E-state index contributed by atoms with van der Waals surface area (Å²) in [5, 5.41) is 8.30. The standard InChI is InChI=1S/C5H12N2.C5H11NO2/c6-4-1-2-5(7)3-4;1-3-6(4-2)5(7)8/h4-5H,1-3,6-7H2;3-4H2,1-2H3,(H,7,8)/t4-,5+;. The van der Waals surface area contributed by atoms with Crippen LogP contribution in [0.5, 0.6) is 0 Å². The van der Waals surface area contributed by atoms with Crippen molar-refractivity contribution in [1.29, 1.82) is 0 Å². The highest BCUT2D eigenvalue weighted by molar-refractivity contribution is 5.64. The first-order chi connectivity index (χ1) is 7.01. The van der Waals surface area contributed by atoms with Crippen molar-refractivity contribution in [3.05, 3.63) is 0 Å². The van der Waals surface area contributed by atoms with Gasteiger partial charge in [0.1, 0.15) is 0 Å². The van der Waals surface area contributed by atoms with Crippen LogP contribution in [0.4, 0.5) is 4.79 Å². The summed E-state index contributed by atoms with van der Waals surface area (Å²) in [6, 6.07) is 0.796. The third-order valence-corrected chi connectivity index (χ3v) is 2.55. The van der Waals surface area contributed by atoms with Crippen molar-refractivity contribution < 1.29 is 9.90 Å². The van der Waals surface area contributed by atoms with E-state index in [1.54, 1.807) is 0 Å². The fourth-order valence-electron chi connectivity index (χ4n) is 1.55. The Balaban J connectivity index is 0.000000262. The highest BCUT2D eigenvalue weighted by atomic mass is 16.4. The molecule has 0 aromatic rings. The molecule has 1 fully saturated rings. The van der Waals surface area contributed by atoms with E-state index in [2.05, 4.69) is 0 Å². The van der Waals surface area contributed by atoms with Gasteiger partial charge < -0.3 is 21.5 Å². The van der Waals surface area contributed by atoms with Gasteiger partial charge in [-0.25, -0.2) is 4.79 Å². The van der Waals surface area contributed by atoms with Gasteiger partial charge in [0.25, 0.3) is 0 Å². The van der Waals surface area contributed by atoms with Crippen LogP contribution in [-0.2, 0) is 0 Å². The number of nitrogens with zero attached hydrogens (tertiary/aromatic N) is 1. The second kappa shape index (κ2) is 7.48. The molecule has 0 radical (unpaired) electrons. The largest absolute Gasteiger partial charge is 0.465 e. The number of amides is 1. The van der Waals surface area contributed by atoms with Crippen molar-refractivity contribution >= 4 is 6.09 Å². The fraction of sp³-hybridized carbons (Fsp3) is 0.900. The number of rotatable bonds is 2. The molecule has 1 amide bonds. The zero-order chi connectivity index (χ0) is 11.8. The molecule has 2 atom stereocenters. The summed E-state index contributed by atoms with van der Waals surface area (Å²) in [6.45, 7) is 4.78. The summed E-state index contributed by atoms with van der Waals surface area (Å²) < 4.78 is 0. The Morgan fingerprint density at radius 3 is 1.73 bits per heavy atom. The van der Waals surface area contributed by atoms with Crippen LogP contribution in [0.2, 0.25) is 0 Å². The fourth-order valence-corrected chi connectivity index (χ4v) is 1.55. The van der Waals surface area contributed by atoms with Crippen LogP contribution in [-0.4, -0.2) is 41.3 Å². The first-order valence-corrected chi connectivity index (χ1v) is 5.50. The van der Waals surface area contributed by atoms with Gasteiger partial charge in [-0.1, -0.05) is 0 Å². The molecule has 0 aliphatic heterocycles. The van der Waals surface area contributed by atoms with E-state index in [1.807, 2.05) is 13.8 Å². The Morgan fingerprint density at radius 1 is 1.27 bits per heavy atom. The second-order valence-electron chi connectivity index (χ2n) is 3.79. The van der Waals surface area contributed by atoms with Crippen molar-refractivity contribution in [3.8, 4) is 0 Å². The lowest BCUT2D eigenvalue weighted by Gasteiger charge is -2.12. The van der Waals surface area contributed by atoms with Crippen LogP contribution in [0.25, 0.3) is 0 Å². The van der Waals surface area contributed by atoms with Crippen LogP contribution in [0, 0.1) is 0 Å². The summed E-state index contributed by atoms with van der Waals surface area (Å²) in [5.41, 5.74) is 11.1. The lowest BCUT2D eigenvalue weighted by atomic mass is 10.2. The summed E-state index contributed by atoms with van der Waals surface area (Å²) >= 11 is 0. The van der Waals surface area contributed by atoms with Crippen molar-refractivity contribution in [3.63, 3.8) is 0 Å². The highest BCUT2D eigenvalue weighted by Crippen LogP contribution is 2.13. The molecule has 0 heterocycles. The van der Waals surface area contributed by atoms with E-state index in [4.69, 9.17) is 16.6 Å². The molecular weight excluding hydrogens is 194 g/mol. The minimum Gasteiger partial charge on any atom is -0.465 e. The van der Waals surface area contributed by atoms with Crippen LogP contribution in [0.1, 0.15) is 33.1 Å². The van der Waals surface area contributed by atoms with E-state index in [1.165, 1.54) is 4.90 Å². The molecule has 90 valence electrons. The first-order valence-electron chi connectivity index (χ1n) is 5.50. The van der Waals surface area contributed by atoms with E-state index in [0.717, 1.165) is 19.3 Å². The van der Waals surface area contributed by atoms with Gasteiger partial charge in [-0.2, -0.15) is 0 Å². The predicted octanol–water partition coefficient (Wildman–Crippen LogP) is 0.831. The molecule has 15 heavy (non-hydrogen) atoms. The summed E-state index contributed by atoms with van der Waals surface area (Å²) in [4.78, 5) is 11.4. The first kappa shape index (κ1) is 14.2. The Hall–Kier alpha value is -0.810. The van der Waals surface area contributed by atoms with E-state index in [9.17, 15) is 4.79 Å². The molecule has 0 spiro atoms. The summed E-state index contributed by atoms with van der Waals surface area (Å²) in [5.74, 6) is 0. The lowest BCUT2D eigenvalue weighted by molar-refractivity contribution is 0.150. The van der Waals surface area contributed by atoms with Crippen LogP contribution in [0.3, 0.4) is 0 Å². The third kappa shape index (κ3) is 6.30. The molecule has 1 rings (SSSR count). The molecule has 5 heteroatoms. The molecule has 5 nitrogen and oxygen atoms in total. The molecule has 1 aliphatic carbocycles. The molecule has 0 aromatic carbocycles. The Bertz CT molecular complexity index is 176. The Morgan fingerprint density at radius 2 is 1.67 bits per heavy atom. The average molecular weight is 217 g/mol. The highest BCUT2D eigenvalue weighted by Gasteiger charge is 2.16. The van der Waals surface area contributed by atoms with Gasteiger partial charge in [0, 0.05) is 25.2 Å². The average Bonchev–Trinajstić information content (AvgIpc) is 2.52. The van der Waals surface area contributed by atoms with Crippen LogP contribution < -0.4 is 11.5 Å². The van der Waals surface area contributed by atoms with Crippen molar-refractivity contribution in [2.24, 2.45) is 11.5 Å². The molecule has 0 saturated heterocycles. The zero-order valence-electron chi connectivity index (χ0n) is 9.65. The van der Waals surface area contributed by atoms with Crippen LogP contribution >= 0.6 is 0 Å². The minimum atomic E-state index is -0.838. The Kier molecular flexibility index (Phi) is 7.07. The zero-order valence-corrected chi connectivity index (χ0v) is 9.65. The van der Waals surface area contributed by atoms with Gasteiger partial charge in [0.05, 0.1) is 0 Å². The van der Waals surface area contributed by atoms with E-state index in [0.29, 0.717) is 25.2 Å². The maximum Gasteiger partial charge on any atom is 0.407 e. The van der Waals surface area contributed by atoms with Crippen molar-refractivity contribution in [2.75, 3.05) is 13.1 Å². The number of hydrogen-bond acceptors (Lipinski definition) is 3. The van der Waals surface area contributed by atoms with E-state index in [-0.39, 0.29) is 0 Å². The maximum absolute atomic E-state index is 10.1. The van der Waals surface area contributed by atoms with Gasteiger partial charge in [0.2, 0.25) is 0 Å². The summed E-state index contributed by atoms with van der Waals surface area (Å²) in [7, 11) is 0. The van der Waals surface area contributed by atoms with Gasteiger partial charge in [0.15, 0.2) is 0 Å². The topological polar surface area (TPSA) is 92.6 Å². The van der Waals surface area contributed by atoms with Crippen LogP contribution in [0.15, 0.2) is 0 Å². The number of hydrogen-bond donors (Lipinski definition) is 3. The maximum atomic E-state index is 10.1. The quantitative estimate of drug-likeness (QED) is 0.638. The number of carbonyl (C=O) groups is 1. The van der Waals surface area contributed by atoms with Gasteiger partial charge in [-0.05, 0) is 33.1 Å². The Labute approximate surface area is 91.4 Å². The van der Waals surface area contributed by atoms with Gasteiger partial charge >= 0.3 is 6.09 Å². The molecular formula is C10H23N3O2. The smallest absolute Gasteiger partial charge is 0.407 e. The number of nitrogens with two attached hydrogens (primary N) is 2. The molecule has 1 aliphatic rings. The second-order valence-corrected chi connectivity index (χ2v) is 3.79. The summed E-state index contributed by atoms with van der Waals surface area (Å²) in [6.07, 6.45) is 2.44. The van der Waals surface area contributed by atoms with Gasteiger partial charge in [-0.3, -0.25) is 0 Å².